The molecule has 0 unspecified atom stereocenters. The van der Waals surface area contributed by atoms with Gasteiger partial charge in [0.2, 0.25) is 0 Å². The molecule has 2 aromatic rings. The first kappa shape index (κ1) is 7.62. The van der Waals surface area contributed by atoms with Crippen LogP contribution in [0.3, 0.4) is 0 Å². The maximum atomic E-state index is 10.6. The Morgan fingerprint density at radius 1 is 1.43 bits per heavy atom. The van der Waals surface area contributed by atoms with Crippen molar-refractivity contribution in [3.05, 3.63) is 35.4 Å². The summed E-state index contributed by atoms with van der Waals surface area (Å²) in [6.07, 6.45) is 4.41. The first-order valence-electron chi connectivity index (χ1n) is 4.62. The number of hydrogen-bond donors (Lipinski definition) is 1. The van der Waals surface area contributed by atoms with E-state index in [-0.39, 0.29) is 0 Å². The zero-order chi connectivity index (χ0) is 9.54. The van der Waals surface area contributed by atoms with Gasteiger partial charge in [0.25, 0.3) is 0 Å². The van der Waals surface area contributed by atoms with Gasteiger partial charge in [-0.25, -0.2) is 0 Å². The number of aromatic nitrogens is 1. The van der Waals surface area contributed by atoms with Crippen LogP contribution >= 0.6 is 0 Å². The van der Waals surface area contributed by atoms with Gasteiger partial charge in [0.1, 0.15) is 5.76 Å². The molecule has 0 aromatic carbocycles. The Hall–Kier alpha value is -1.77. The fraction of sp³-hybridized carbons (Fsp3) is 0.182. The Balaban J connectivity index is 2.24. The van der Waals surface area contributed by atoms with E-state index in [0.717, 1.165) is 36.1 Å². The summed E-state index contributed by atoms with van der Waals surface area (Å²) in [6, 6.07) is 3.86. The van der Waals surface area contributed by atoms with Crippen LogP contribution in [0.15, 0.2) is 22.8 Å². The van der Waals surface area contributed by atoms with Gasteiger partial charge in [-0.05, 0) is 24.1 Å². The third kappa shape index (κ3) is 0.894. The topological polar surface area (TPSA) is 46.0 Å². The number of furan rings is 1. The molecule has 0 saturated heterocycles. The van der Waals surface area contributed by atoms with E-state index in [2.05, 4.69) is 4.98 Å². The van der Waals surface area contributed by atoms with Crippen LogP contribution in [-0.2, 0) is 12.8 Å². The van der Waals surface area contributed by atoms with Crippen molar-refractivity contribution >= 4 is 6.29 Å². The van der Waals surface area contributed by atoms with Gasteiger partial charge in [-0.2, -0.15) is 0 Å². The quantitative estimate of drug-likeness (QED) is 0.695. The highest BCUT2D eigenvalue weighted by molar-refractivity contribution is 5.78. The molecule has 3 heteroatoms. The number of rotatable bonds is 1. The van der Waals surface area contributed by atoms with Gasteiger partial charge >= 0.3 is 0 Å². The van der Waals surface area contributed by atoms with E-state index in [9.17, 15) is 4.79 Å². The molecule has 3 nitrogen and oxygen atoms in total. The summed E-state index contributed by atoms with van der Waals surface area (Å²) in [5.41, 5.74) is 3.99. The molecule has 2 heterocycles. The summed E-state index contributed by atoms with van der Waals surface area (Å²) >= 11 is 0. The third-order valence-corrected chi connectivity index (χ3v) is 2.68. The molecule has 0 bridgehead atoms. The van der Waals surface area contributed by atoms with Crippen LogP contribution in [0.1, 0.15) is 21.8 Å². The van der Waals surface area contributed by atoms with E-state index in [4.69, 9.17) is 4.42 Å². The molecule has 2 aromatic heterocycles. The molecule has 0 spiro atoms. The van der Waals surface area contributed by atoms with Gasteiger partial charge in [-0.15, -0.1) is 0 Å². The lowest BCUT2D eigenvalue weighted by molar-refractivity contribution is 0.111. The average molecular weight is 187 g/mol. The Morgan fingerprint density at radius 3 is 3.21 bits per heavy atom. The smallest absolute Gasteiger partial charge is 0.166 e. The minimum Gasteiger partial charge on any atom is -0.469 e. The fourth-order valence-corrected chi connectivity index (χ4v) is 2.03. The van der Waals surface area contributed by atoms with Gasteiger partial charge in [-0.1, -0.05) is 0 Å². The van der Waals surface area contributed by atoms with Gasteiger partial charge < -0.3 is 9.40 Å². The van der Waals surface area contributed by atoms with Crippen molar-refractivity contribution < 1.29 is 9.21 Å². The molecular weight excluding hydrogens is 178 g/mol. The summed E-state index contributed by atoms with van der Waals surface area (Å²) in [7, 11) is 0. The number of aldehydes is 1. The Bertz CT molecular complexity index is 493. The van der Waals surface area contributed by atoms with E-state index in [1.165, 1.54) is 5.56 Å². The predicted octanol–water partition coefficient (Wildman–Crippen LogP) is 2.19. The molecule has 14 heavy (non-hydrogen) atoms. The maximum Gasteiger partial charge on any atom is 0.166 e. The summed E-state index contributed by atoms with van der Waals surface area (Å²) in [6.45, 7) is 0. The molecule has 0 fully saturated rings. The lowest BCUT2D eigenvalue weighted by Crippen LogP contribution is -1.99. The first-order chi connectivity index (χ1) is 6.88. The molecular formula is C11H9NO2. The SMILES string of the molecule is O=Cc1cc2c([nH]1)-c1ccoc1CC2. The molecule has 70 valence electrons. The normalized spacial score (nSPS) is 13.4. The lowest BCUT2D eigenvalue weighted by atomic mass is 9.97. The van der Waals surface area contributed by atoms with E-state index in [0.29, 0.717) is 5.69 Å². The number of H-pyrrole nitrogens is 1. The van der Waals surface area contributed by atoms with Crippen LogP contribution < -0.4 is 0 Å². The number of aromatic amines is 1. The number of carbonyl (C=O) groups excluding carboxylic acids is 1. The molecule has 1 N–H and O–H groups in total. The zero-order valence-corrected chi connectivity index (χ0v) is 7.54. The molecule has 0 atom stereocenters. The third-order valence-electron chi connectivity index (χ3n) is 2.68. The van der Waals surface area contributed by atoms with Crippen molar-refractivity contribution in [3.8, 4) is 11.3 Å². The second-order valence-corrected chi connectivity index (χ2v) is 3.50. The van der Waals surface area contributed by atoms with E-state index < -0.39 is 0 Å². The monoisotopic (exact) mass is 187 g/mol. The van der Waals surface area contributed by atoms with Crippen LogP contribution in [0.4, 0.5) is 0 Å². The van der Waals surface area contributed by atoms with Crippen molar-refractivity contribution in [2.24, 2.45) is 0 Å². The minimum absolute atomic E-state index is 0.643. The van der Waals surface area contributed by atoms with Crippen LogP contribution in [0.2, 0.25) is 0 Å². The van der Waals surface area contributed by atoms with Crippen molar-refractivity contribution in [1.82, 2.24) is 4.98 Å². The van der Waals surface area contributed by atoms with Gasteiger partial charge in [-0.3, -0.25) is 4.79 Å². The minimum atomic E-state index is 0.643. The van der Waals surface area contributed by atoms with E-state index >= 15 is 0 Å². The number of aryl methyl sites for hydroxylation is 2. The Morgan fingerprint density at radius 2 is 2.36 bits per heavy atom. The average Bonchev–Trinajstić information content (AvgIpc) is 2.82. The molecule has 1 aliphatic carbocycles. The highest BCUT2D eigenvalue weighted by Gasteiger charge is 2.20. The van der Waals surface area contributed by atoms with Gasteiger partial charge in [0.05, 0.1) is 17.7 Å². The second-order valence-electron chi connectivity index (χ2n) is 3.50. The predicted molar refractivity (Wildman–Crippen MR) is 51.3 cm³/mol. The van der Waals surface area contributed by atoms with Crippen LogP contribution in [0.5, 0.6) is 0 Å². The molecule has 0 aliphatic heterocycles. The summed E-state index contributed by atoms with van der Waals surface area (Å²) in [4.78, 5) is 13.7. The van der Waals surface area contributed by atoms with E-state index in [1.807, 2.05) is 12.1 Å². The zero-order valence-electron chi connectivity index (χ0n) is 7.54. The fourth-order valence-electron chi connectivity index (χ4n) is 2.03. The highest BCUT2D eigenvalue weighted by atomic mass is 16.3. The standard InChI is InChI=1S/C11H9NO2/c13-6-8-5-7-1-2-10-9(3-4-14-10)11(7)12-8/h3-6,12H,1-2H2. The van der Waals surface area contributed by atoms with Gasteiger partial charge in [0.15, 0.2) is 6.29 Å². The largest absolute Gasteiger partial charge is 0.469 e. The van der Waals surface area contributed by atoms with Crippen molar-refractivity contribution in [2.75, 3.05) is 0 Å². The van der Waals surface area contributed by atoms with E-state index in [1.54, 1.807) is 6.26 Å². The summed E-state index contributed by atoms with van der Waals surface area (Å²) < 4.78 is 5.35. The second kappa shape index (κ2) is 2.61. The Kier molecular flexibility index (Phi) is 1.42. The molecule has 0 saturated carbocycles. The number of carbonyl (C=O) groups is 1. The summed E-state index contributed by atoms with van der Waals surface area (Å²) in [5, 5.41) is 0. The van der Waals surface area contributed by atoms with Crippen LogP contribution in [0, 0.1) is 0 Å². The first-order valence-corrected chi connectivity index (χ1v) is 4.62. The number of hydrogen-bond acceptors (Lipinski definition) is 2. The maximum absolute atomic E-state index is 10.6. The van der Waals surface area contributed by atoms with Crippen LogP contribution in [0.25, 0.3) is 11.3 Å². The number of fused-ring (bicyclic) bond motifs is 3. The number of nitrogens with one attached hydrogen (secondary N) is 1. The summed E-state index contributed by atoms with van der Waals surface area (Å²) in [5.74, 6) is 1.01. The molecule has 1 aliphatic rings. The lowest BCUT2D eigenvalue weighted by Gasteiger charge is -2.09. The van der Waals surface area contributed by atoms with Crippen LogP contribution in [-0.4, -0.2) is 11.3 Å². The van der Waals surface area contributed by atoms with Crippen molar-refractivity contribution in [1.29, 1.82) is 0 Å². The molecule has 3 rings (SSSR count). The van der Waals surface area contributed by atoms with Crippen molar-refractivity contribution in [2.45, 2.75) is 12.8 Å². The Labute approximate surface area is 80.7 Å². The van der Waals surface area contributed by atoms with Crippen molar-refractivity contribution in [3.63, 3.8) is 0 Å². The highest BCUT2D eigenvalue weighted by Crippen LogP contribution is 2.33. The molecule has 0 radical (unpaired) electrons. The molecule has 0 amide bonds. The van der Waals surface area contributed by atoms with Gasteiger partial charge in [0, 0.05) is 12.0 Å².